The highest BCUT2D eigenvalue weighted by molar-refractivity contribution is 8.01. The van der Waals surface area contributed by atoms with Crippen LogP contribution in [-0.2, 0) is 0 Å². The van der Waals surface area contributed by atoms with Gasteiger partial charge in [0, 0.05) is 9.79 Å². The van der Waals surface area contributed by atoms with Gasteiger partial charge in [-0.25, -0.2) is 0 Å². The highest BCUT2D eigenvalue weighted by Gasteiger charge is 2.15. The molecule has 0 spiro atoms. The van der Waals surface area contributed by atoms with Crippen LogP contribution in [0.4, 0.5) is 10.8 Å². The van der Waals surface area contributed by atoms with Crippen molar-refractivity contribution in [2.24, 2.45) is 10.2 Å². The van der Waals surface area contributed by atoms with Gasteiger partial charge in [0.2, 0.25) is 0 Å². The first-order valence-corrected chi connectivity index (χ1v) is 9.48. The summed E-state index contributed by atoms with van der Waals surface area (Å²) in [7, 11) is 0. The molecule has 0 radical (unpaired) electrons. The zero-order chi connectivity index (χ0) is 17.3. The van der Waals surface area contributed by atoms with Crippen LogP contribution < -0.4 is 0 Å². The van der Waals surface area contributed by atoms with Crippen LogP contribution in [0.15, 0.2) is 42.6 Å². The van der Waals surface area contributed by atoms with Crippen molar-refractivity contribution < 1.29 is 10.2 Å². The van der Waals surface area contributed by atoms with Crippen molar-refractivity contribution in [1.29, 1.82) is 0 Å². The molecule has 124 valence electrons. The van der Waals surface area contributed by atoms with Crippen LogP contribution in [0.25, 0.3) is 10.8 Å². The molecule has 0 amide bonds. The quantitative estimate of drug-likeness (QED) is 0.276. The number of hydrogen-bond acceptors (Lipinski definition) is 10. The third-order valence-electron chi connectivity index (χ3n) is 3.03. The highest BCUT2D eigenvalue weighted by atomic mass is 32.2. The Balaban J connectivity index is 2.04. The fourth-order valence-corrected chi connectivity index (χ4v) is 4.19. The van der Waals surface area contributed by atoms with Gasteiger partial charge in [-0.05, 0) is 29.3 Å². The molecule has 0 aliphatic carbocycles. The number of hydrogen-bond donors (Lipinski definition) is 4. The molecule has 0 fully saturated rings. The fourth-order valence-electron chi connectivity index (χ4n) is 2.08. The Labute approximate surface area is 156 Å². The van der Waals surface area contributed by atoms with Crippen LogP contribution in [0, 0.1) is 0 Å². The minimum Gasteiger partial charge on any atom is -0.507 e. The van der Waals surface area contributed by atoms with E-state index in [1.165, 1.54) is 17.4 Å². The molecule has 1 heterocycles. The topological polar surface area (TPSA) is 91.0 Å². The fraction of sp³-hybridized carbons (Fsp3) is 0.143. The minimum absolute atomic E-state index is 0.0858. The Hall–Kier alpha value is -1.49. The minimum atomic E-state index is -0.195. The van der Waals surface area contributed by atoms with Gasteiger partial charge >= 0.3 is 0 Å². The van der Waals surface area contributed by atoms with Crippen molar-refractivity contribution in [2.75, 3.05) is 5.75 Å². The number of phenolic OH excluding ortho intramolecular Hbond substituents is 2. The van der Waals surface area contributed by atoms with Crippen molar-refractivity contribution in [1.82, 2.24) is 10.2 Å². The Morgan fingerprint density at radius 1 is 1.17 bits per heavy atom. The average Bonchev–Trinajstić information content (AvgIpc) is 2.94. The van der Waals surface area contributed by atoms with Crippen molar-refractivity contribution >= 4 is 69.9 Å². The summed E-state index contributed by atoms with van der Waals surface area (Å²) >= 11 is 11.4. The Bertz CT molecular complexity index is 942. The lowest BCUT2D eigenvalue weighted by atomic mass is 10.1. The van der Waals surface area contributed by atoms with Crippen molar-refractivity contribution in [3.8, 4) is 11.5 Å². The molecule has 0 atom stereocenters. The monoisotopic (exact) mass is 396 g/mol. The standard InChI is InChI=1S/C14H12N4O2S4/c1-2-23-14-18-17-13(24-14)16-15-11-9(22)4-6-3-7(21)5-8(19)10(6)12(11)20/h3-5,19-22H,2H2,1H3/b16-15+. The third kappa shape index (κ3) is 3.46. The van der Waals surface area contributed by atoms with Gasteiger partial charge in [-0.2, -0.15) is 0 Å². The molecule has 3 aromatic rings. The second-order valence-electron chi connectivity index (χ2n) is 4.64. The number of aromatic hydroxyl groups is 2. The van der Waals surface area contributed by atoms with E-state index in [0.29, 0.717) is 20.3 Å². The smallest absolute Gasteiger partial charge is 0.252 e. The lowest BCUT2D eigenvalue weighted by Gasteiger charge is -2.09. The van der Waals surface area contributed by atoms with Crippen LogP contribution >= 0.6 is 48.4 Å². The van der Waals surface area contributed by atoms with Crippen molar-refractivity contribution in [3.05, 3.63) is 18.2 Å². The molecular formula is C14H12N4O2S4. The van der Waals surface area contributed by atoms with E-state index in [2.05, 4.69) is 45.7 Å². The van der Waals surface area contributed by atoms with Crippen molar-refractivity contribution in [3.63, 3.8) is 0 Å². The summed E-state index contributed by atoms with van der Waals surface area (Å²) in [6, 6.07) is 4.85. The number of phenols is 2. The second-order valence-corrected chi connectivity index (χ2v) is 8.10. The van der Waals surface area contributed by atoms with Gasteiger partial charge in [-0.3, -0.25) is 0 Å². The summed E-state index contributed by atoms with van der Waals surface area (Å²) in [4.78, 5) is 1.01. The van der Waals surface area contributed by atoms with Crippen LogP contribution in [0.1, 0.15) is 6.92 Å². The van der Waals surface area contributed by atoms with Gasteiger partial charge in [0.15, 0.2) is 10.1 Å². The highest BCUT2D eigenvalue weighted by Crippen LogP contribution is 2.45. The van der Waals surface area contributed by atoms with Gasteiger partial charge in [-0.15, -0.1) is 45.7 Å². The predicted molar refractivity (Wildman–Crippen MR) is 102 cm³/mol. The van der Waals surface area contributed by atoms with Crippen LogP contribution in [0.5, 0.6) is 11.5 Å². The van der Waals surface area contributed by atoms with E-state index < -0.39 is 0 Å². The number of benzene rings is 2. The Kier molecular flexibility index (Phi) is 5.18. The summed E-state index contributed by atoms with van der Waals surface area (Å²) in [5, 5.41) is 37.7. The van der Waals surface area contributed by atoms with E-state index in [9.17, 15) is 10.2 Å². The first kappa shape index (κ1) is 17.3. The Morgan fingerprint density at radius 3 is 2.71 bits per heavy atom. The molecule has 6 nitrogen and oxygen atoms in total. The van der Waals surface area contributed by atoms with E-state index in [0.717, 1.165) is 10.1 Å². The van der Waals surface area contributed by atoms with E-state index in [1.54, 1.807) is 23.9 Å². The number of nitrogens with zero attached hydrogens (tertiary/aromatic N) is 4. The second kappa shape index (κ2) is 7.18. The largest absolute Gasteiger partial charge is 0.507 e. The number of thioether (sulfide) groups is 1. The van der Waals surface area contributed by atoms with E-state index >= 15 is 0 Å². The lowest BCUT2D eigenvalue weighted by molar-refractivity contribution is 0.463. The number of rotatable bonds is 4. The molecule has 0 bridgehead atoms. The molecule has 3 rings (SSSR count). The molecule has 0 aliphatic heterocycles. The summed E-state index contributed by atoms with van der Waals surface area (Å²) in [5.74, 6) is 0.613. The van der Waals surface area contributed by atoms with Crippen LogP contribution in [-0.4, -0.2) is 26.2 Å². The molecule has 0 aliphatic rings. The van der Waals surface area contributed by atoms with Crippen LogP contribution in [0.2, 0.25) is 0 Å². The van der Waals surface area contributed by atoms with Gasteiger partial charge in [-0.1, -0.05) is 30.0 Å². The summed E-state index contributed by atoms with van der Waals surface area (Å²) in [5.41, 5.74) is 0.160. The maximum Gasteiger partial charge on any atom is 0.252 e. The predicted octanol–water partition coefficient (Wildman–Crippen LogP) is 5.21. The SMILES string of the molecule is CCSc1nnc(/N=N/c2c(S)cc3cc(S)cc(O)c3c2O)s1. The van der Waals surface area contributed by atoms with Crippen molar-refractivity contribution in [2.45, 2.75) is 21.1 Å². The molecule has 2 N–H and O–H groups in total. The Morgan fingerprint density at radius 2 is 1.96 bits per heavy atom. The van der Waals surface area contributed by atoms with Gasteiger partial charge in [0.05, 0.1) is 5.39 Å². The molecule has 0 unspecified atom stereocenters. The molecule has 10 heteroatoms. The lowest BCUT2D eigenvalue weighted by Crippen LogP contribution is -1.80. The van der Waals surface area contributed by atoms with E-state index in [-0.39, 0.29) is 22.6 Å². The first-order chi connectivity index (χ1) is 11.5. The maximum absolute atomic E-state index is 10.4. The molecule has 0 saturated heterocycles. The molecule has 1 aromatic heterocycles. The summed E-state index contributed by atoms with van der Waals surface area (Å²) in [6.45, 7) is 2.02. The number of thiol groups is 2. The average molecular weight is 397 g/mol. The zero-order valence-corrected chi connectivity index (χ0v) is 15.8. The maximum atomic E-state index is 10.4. The van der Waals surface area contributed by atoms with Gasteiger partial charge < -0.3 is 10.2 Å². The van der Waals surface area contributed by atoms with Gasteiger partial charge in [0.25, 0.3) is 5.13 Å². The summed E-state index contributed by atoms with van der Waals surface area (Å²) < 4.78 is 0.805. The van der Waals surface area contributed by atoms with E-state index in [4.69, 9.17) is 0 Å². The molecule has 2 aromatic carbocycles. The zero-order valence-electron chi connectivity index (χ0n) is 12.3. The number of fused-ring (bicyclic) bond motifs is 1. The summed E-state index contributed by atoms with van der Waals surface area (Å²) in [6.07, 6.45) is 0. The van der Waals surface area contributed by atoms with Crippen LogP contribution in [0.3, 0.4) is 0 Å². The molecular weight excluding hydrogens is 384 g/mol. The number of azo groups is 1. The van der Waals surface area contributed by atoms with E-state index in [1.807, 2.05) is 6.92 Å². The molecule has 0 saturated carbocycles. The normalized spacial score (nSPS) is 11.6. The third-order valence-corrected chi connectivity index (χ3v) is 5.45. The van der Waals surface area contributed by atoms with Gasteiger partial charge in [0.1, 0.15) is 11.4 Å². The molecule has 24 heavy (non-hydrogen) atoms. The number of aromatic nitrogens is 2. The first-order valence-electron chi connectivity index (χ1n) is 6.78.